The van der Waals surface area contributed by atoms with E-state index in [4.69, 9.17) is 9.47 Å². The maximum Gasteiger partial charge on any atom is 0.416 e. The Balaban J connectivity index is 1.89. The normalized spacial score (nSPS) is 11.5. The number of halogens is 3. The van der Waals surface area contributed by atoms with Crippen LogP contribution in [0.15, 0.2) is 65.7 Å². The van der Waals surface area contributed by atoms with Gasteiger partial charge in [-0.15, -0.1) is 0 Å². The SMILES string of the molecule is CCOc1cc(C=Nc2ccc(CC)cc2)ccc1Oc1ccc(C(F)(F)F)cc1[N+](=O)[O-]. The first kappa shape index (κ1) is 23.8. The van der Waals surface area contributed by atoms with Crippen LogP contribution in [0.5, 0.6) is 17.2 Å². The Kier molecular flexibility index (Phi) is 7.32. The van der Waals surface area contributed by atoms with Crippen molar-refractivity contribution in [1.29, 1.82) is 0 Å². The van der Waals surface area contributed by atoms with Gasteiger partial charge in [-0.3, -0.25) is 15.1 Å². The van der Waals surface area contributed by atoms with E-state index in [-0.39, 0.29) is 23.9 Å². The molecule has 0 N–H and O–H groups in total. The number of alkyl halides is 3. The van der Waals surface area contributed by atoms with Crippen molar-refractivity contribution < 1.29 is 27.6 Å². The van der Waals surface area contributed by atoms with Crippen LogP contribution in [0, 0.1) is 10.1 Å². The lowest BCUT2D eigenvalue weighted by Gasteiger charge is -2.13. The molecular weight excluding hydrogens is 437 g/mol. The van der Waals surface area contributed by atoms with Gasteiger partial charge in [0.2, 0.25) is 5.75 Å². The Morgan fingerprint density at radius 1 is 0.970 bits per heavy atom. The van der Waals surface area contributed by atoms with E-state index in [0.29, 0.717) is 11.6 Å². The van der Waals surface area contributed by atoms with E-state index in [2.05, 4.69) is 11.9 Å². The summed E-state index contributed by atoms with van der Waals surface area (Å²) < 4.78 is 50.0. The van der Waals surface area contributed by atoms with E-state index >= 15 is 0 Å². The predicted molar refractivity (Wildman–Crippen MR) is 119 cm³/mol. The Bertz CT molecular complexity index is 1160. The van der Waals surface area contributed by atoms with Crippen LogP contribution in [-0.2, 0) is 12.6 Å². The molecule has 0 saturated heterocycles. The second-order valence-electron chi connectivity index (χ2n) is 6.96. The van der Waals surface area contributed by atoms with Gasteiger partial charge in [0.25, 0.3) is 0 Å². The second kappa shape index (κ2) is 10.2. The second-order valence-corrected chi connectivity index (χ2v) is 6.96. The van der Waals surface area contributed by atoms with Crippen molar-refractivity contribution in [2.24, 2.45) is 4.99 Å². The third-order valence-corrected chi connectivity index (χ3v) is 4.68. The maximum atomic E-state index is 12.9. The van der Waals surface area contributed by atoms with E-state index in [9.17, 15) is 23.3 Å². The van der Waals surface area contributed by atoms with Crippen LogP contribution in [0.25, 0.3) is 0 Å². The average molecular weight is 458 g/mol. The standard InChI is InChI=1S/C24H21F3N2O4/c1-3-16-5-9-19(10-6-16)28-15-17-7-11-22(23(13-17)32-4-2)33-21-12-8-18(24(25,26)27)14-20(21)29(30)31/h5-15H,3-4H2,1-2H3. The average Bonchev–Trinajstić information content (AvgIpc) is 2.79. The summed E-state index contributed by atoms with van der Waals surface area (Å²) in [6.07, 6.45) is -2.15. The minimum absolute atomic E-state index is 0.129. The van der Waals surface area contributed by atoms with Crippen LogP contribution in [0.4, 0.5) is 24.5 Å². The number of benzene rings is 3. The molecule has 0 aliphatic heterocycles. The fourth-order valence-electron chi connectivity index (χ4n) is 2.97. The van der Waals surface area contributed by atoms with Crippen molar-refractivity contribution in [3.63, 3.8) is 0 Å². The molecule has 3 aromatic rings. The van der Waals surface area contributed by atoms with Gasteiger partial charge in [-0.2, -0.15) is 13.2 Å². The molecular formula is C24H21F3N2O4. The molecule has 0 spiro atoms. The molecule has 9 heteroatoms. The van der Waals surface area contributed by atoms with Gasteiger partial charge in [-0.25, -0.2) is 0 Å². The number of nitro benzene ring substituents is 1. The van der Waals surface area contributed by atoms with Gasteiger partial charge in [-0.05, 0) is 66.9 Å². The number of ether oxygens (including phenoxy) is 2. The first-order valence-corrected chi connectivity index (χ1v) is 10.1. The van der Waals surface area contributed by atoms with Crippen molar-refractivity contribution in [2.45, 2.75) is 26.4 Å². The van der Waals surface area contributed by atoms with Crippen LogP contribution in [0.1, 0.15) is 30.5 Å². The van der Waals surface area contributed by atoms with E-state index in [1.54, 1.807) is 25.3 Å². The highest BCUT2D eigenvalue weighted by Crippen LogP contribution is 2.40. The molecule has 3 aromatic carbocycles. The van der Waals surface area contributed by atoms with E-state index < -0.39 is 22.4 Å². The summed E-state index contributed by atoms with van der Waals surface area (Å²) in [4.78, 5) is 14.8. The lowest BCUT2D eigenvalue weighted by Crippen LogP contribution is -2.06. The molecule has 0 heterocycles. The maximum absolute atomic E-state index is 12.9. The van der Waals surface area contributed by atoms with E-state index in [1.165, 1.54) is 11.6 Å². The Morgan fingerprint density at radius 3 is 2.27 bits per heavy atom. The third-order valence-electron chi connectivity index (χ3n) is 4.68. The highest BCUT2D eigenvalue weighted by Gasteiger charge is 2.33. The fourth-order valence-corrected chi connectivity index (χ4v) is 2.97. The molecule has 0 amide bonds. The highest BCUT2D eigenvalue weighted by molar-refractivity contribution is 5.83. The number of aliphatic imine (C=N–C) groups is 1. The van der Waals surface area contributed by atoms with Gasteiger partial charge >= 0.3 is 11.9 Å². The molecule has 172 valence electrons. The molecule has 0 unspecified atom stereocenters. The number of hydrogen-bond acceptors (Lipinski definition) is 5. The molecule has 0 saturated carbocycles. The van der Waals surface area contributed by atoms with Crippen LogP contribution in [0.3, 0.4) is 0 Å². The molecule has 3 rings (SSSR count). The molecule has 0 bridgehead atoms. The fraction of sp³-hybridized carbons (Fsp3) is 0.208. The van der Waals surface area contributed by atoms with Crippen LogP contribution in [0.2, 0.25) is 0 Å². The molecule has 6 nitrogen and oxygen atoms in total. The number of aryl methyl sites for hydroxylation is 1. The van der Waals surface area contributed by atoms with Gasteiger partial charge in [-0.1, -0.05) is 19.1 Å². The molecule has 0 fully saturated rings. The van der Waals surface area contributed by atoms with Crippen molar-refractivity contribution in [1.82, 2.24) is 0 Å². The van der Waals surface area contributed by atoms with Crippen molar-refractivity contribution in [2.75, 3.05) is 6.61 Å². The molecule has 0 aliphatic rings. The molecule has 0 aromatic heterocycles. The minimum Gasteiger partial charge on any atom is -0.490 e. The largest absolute Gasteiger partial charge is 0.490 e. The summed E-state index contributed by atoms with van der Waals surface area (Å²) >= 11 is 0. The summed E-state index contributed by atoms with van der Waals surface area (Å²) in [6.45, 7) is 4.10. The summed E-state index contributed by atoms with van der Waals surface area (Å²) in [5, 5.41) is 11.3. The first-order valence-electron chi connectivity index (χ1n) is 10.1. The molecule has 0 atom stereocenters. The van der Waals surface area contributed by atoms with Gasteiger partial charge in [0.15, 0.2) is 11.5 Å². The lowest BCUT2D eigenvalue weighted by molar-refractivity contribution is -0.385. The zero-order valence-corrected chi connectivity index (χ0v) is 17.9. The topological polar surface area (TPSA) is 74.0 Å². The Labute approximate surface area is 188 Å². The zero-order chi connectivity index (χ0) is 24.0. The predicted octanol–water partition coefficient (Wildman–Crippen LogP) is 7.12. The van der Waals surface area contributed by atoms with Crippen molar-refractivity contribution in [3.8, 4) is 17.2 Å². The van der Waals surface area contributed by atoms with Crippen LogP contribution in [-0.4, -0.2) is 17.7 Å². The van der Waals surface area contributed by atoms with E-state index in [1.807, 2.05) is 24.3 Å². The number of hydrogen-bond donors (Lipinski definition) is 0. The summed E-state index contributed by atoms with van der Waals surface area (Å²) in [5.74, 6) is 0.0764. The molecule has 33 heavy (non-hydrogen) atoms. The van der Waals surface area contributed by atoms with Crippen molar-refractivity contribution in [3.05, 3.63) is 87.5 Å². The van der Waals surface area contributed by atoms with Gasteiger partial charge < -0.3 is 9.47 Å². The lowest BCUT2D eigenvalue weighted by atomic mass is 10.1. The van der Waals surface area contributed by atoms with E-state index in [0.717, 1.165) is 24.2 Å². The van der Waals surface area contributed by atoms with Crippen LogP contribution >= 0.6 is 0 Å². The van der Waals surface area contributed by atoms with Crippen LogP contribution < -0.4 is 9.47 Å². The minimum atomic E-state index is -4.71. The summed E-state index contributed by atoms with van der Waals surface area (Å²) in [7, 11) is 0. The Morgan fingerprint density at radius 2 is 1.67 bits per heavy atom. The number of nitro groups is 1. The number of nitrogens with zero attached hydrogens (tertiary/aromatic N) is 2. The molecule has 0 radical (unpaired) electrons. The summed E-state index contributed by atoms with van der Waals surface area (Å²) in [6, 6.07) is 14.7. The summed E-state index contributed by atoms with van der Waals surface area (Å²) in [5.41, 5.74) is 0.725. The van der Waals surface area contributed by atoms with Gasteiger partial charge in [0, 0.05) is 12.3 Å². The van der Waals surface area contributed by atoms with Crippen molar-refractivity contribution >= 4 is 17.6 Å². The number of rotatable bonds is 8. The highest BCUT2D eigenvalue weighted by atomic mass is 19.4. The van der Waals surface area contributed by atoms with Gasteiger partial charge in [0.1, 0.15) is 0 Å². The Hall–Kier alpha value is -3.88. The molecule has 0 aliphatic carbocycles. The monoisotopic (exact) mass is 458 g/mol. The smallest absolute Gasteiger partial charge is 0.416 e. The zero-order valence-electron chi connectivity index (χ0n) is 17.9. The first-order chi connectivity index (χ1) is 15.7. The van der Waals surface area contributed by atoms with Gasteiger partial charge in [0.05, 0.1) is 22.8 Å². The quantitative estimate of drug-likeness (QED) is 0.205. The third kappa shape index (κ3) is 6.09.